The number of hydrogen-bond acceptors (Lipinski definition) is 6. The first kappa shape index (κ1) is 18.6. The summed E-state index contributed by atoms with van der Waals surface area (Å²) in [6.45, 7) is 8.71. The summed E-state index contributed by atoms with van der Waals surface area (Å²) in [6.07, 6.45) is 0. The van der Waals surface area contributed by atoms with Gasteiger partial charge in [0, 0.05) is 57.7 Å². The molecule has 0 unspecified atom stereocenters. The smallest absolute Gasteiger partial charge is 0.326 e. The van der Waals surface area contributed by atoms with Crippen LogP contribution in [0, 0.1) is 0 Å². The van der Waals surface area contributed by atoms with Crippen LogP contribution in [0.25, 0.3) is 21.9 Å². The van der Waals surface area contributed by atoms with Crippen LogP contribution in [0.2, 0.25) is 0 Å². The quantitative estimate of drug-likeness (QED) is 0.709. The molecule has 0 aliphatic carbocycles. The van der Waals surface area contributed by atoms with E-state index in [1.165, 1.54) is 0 Å². The van der Waals surface area contributed by atoms with Crippen molar-refractivity contribution in [3.8, 4) is 0 Å². The number of H-pyrrole nitrogens is 1. The van der Waals surface area contributed by atoms with E-state index >= 15 is 0 Å². The Kier molecular flexibility index (Phi) is 4.99. The molecule has 8 heteroatoms. The number of pyridine rings is 1. The van der Waals surface area contributed by atoms with Crippen molar-refractivity contribution in [3.05, 3.63) is 34.7 Å². The number of nitrogens with zero attached hydrogens (tertiary/aromatic N) is 5. The molecule has 5 rings (SSSR count). The Bertz CT molecular complexity index is 1060. The molecule has 0 spiro atoms. The monoisotopic (exact) mass is 396 g/mol. The van der Waals surface area contributed by atoms with Crippen molar-refractivity contribution >= 4 is 27.8 Å². The van der Waals surface area contributed by atoms with Crippen LogP contribution in [-0.4, -0.2) is 90.4 Å². The molecule has 2 saturated heterocycles. The van der Waals surface area contributed by atoms with Gasteiger partial charge >= 0.3 is 5.69 Å². The number of benzene rings is 1. The topological polar surface area (TPSA) is 69.6 Å². The first-order valence-electron chi connectivity index (χ1n) is 10.5. The van der Waals surface area contributed by atoms with Gasteiger partial charge in [0.25, 0.3) is 0 Å². The second kappa shape index (κ2) is 7.78. The average Bonchev–Trinajstić information content (AvgIpc) is 3.09. The maximum atomic E-state index is 13.0. The summed E-state index contributed by atoms with van der Waals surface area (Å²) in [5.74, 6) is 0.897. The number of rotatable bonds is 4. The Hall–Kier alpha value is -2.42. The third kappa shape index (κ3) is 3.52. The summed E-state index contributed by atoms with van der Waals surface area (Å²) in [7, 11) is 2.14. The fourth-order valence-electron chi connectivity index (χ4n) is 4.38. The van der Waals surface area contributed by atoms with E-state index in [-0.39, 0.29) is 5.69 Å². The predicted octanol–water partition coefficient (Wildman–Crippen LogP) is 0.962. The van der Waals surface area contributed by atoms with Crippen molar-refractivity contribution in [1.29, 1.82) is 0 Å². The van der Waals surface area contributed by atoms with Crippen LogP contribution >= 0.6 is 0 Å². The number of ether oxygens (including phenoxy) is 1. The van der Waals surface area contributed by atoms with E-state index < -0.39 is 0 Å². The number of piperazine rings is 1. The highest BCUT2D eigenvalue weighted by molar-refractivity contribution is 6.06. The van der Waals surface area contributed by atoms with E-state index in [0.717, 1.165) is 86.8 Å². The zero-order valence-corrected chi connectivity index (χ0v) is 16.9. The fraction of sp³-hybridized carbons (Fsp3) is 0.524. The van der Waals surface area contributed by atoms with Crippen LogP contribution in [0.5, 0.6) is 0 Å². The Morgan fingerprint density at radius 3 is 2.59 bits per heavy atom. The standard InChI is InChI=1S/C21H28N6O2/c1-24-6-9-26(10-7-24)20-18-19(16-4-2-3-5-17(16)22-20)27(21(28)23-18)11-8-25-12-14-29-15-13-25/h2-5H,6-15H2,1H3,(H,23,28). The normalized spacial score (nSPS) is 19.4. The number of aromatic nitrogens is 3. The molecule has 3 aromatic rings. The Balaban J connectivity index is 1.58. The van der Waals surface area contributed by atoms with Crippen LogP contribution in [0.3, 0.4) is 0 Å². The van der Waals surface area contributed by atoms with Gasteiger partial charge in [-0.2, -0.15) is 0 Å². The molecule has 1 aromatic carbocycles. The lowest BCUT2D eigenvalue weighted by atomic mass is 10.1. The van der Waals surface area contributed by atoms with Crippen molar-refractivity contribution in [2.45, 2.75) is 6.54 Å². The van der Waals surface area contributed by atoms with Crippen LogP contribution < -0.4 is 10.6 Å². The third-order valence-corrected chi connectivity index (χ3v) is 6.14. The first-order valence-corrected chi connectivity index (χ1v) is 10.5. The molecule has 4 heterocycles. The minimum Gasteiger partial charge on any atom is -0.379 e. The largest absolute Gasteiger partial charge is 0.379 e. The molecule has 2 aliphatic heterocycles. The lowest BCUT2D eigenvalue weighted by molar-refractivity contribution is 0.0364. The van der Waals surface area contributed by atoms with E-state index in [1.54, 1.807) is 0 Å². The van der Waals surface area contributed by atoms with Crippen molar-refractivity contribution in [2.24, 2.45) is 0 Å². The molecular weight excluding hydrogens is 368 g/mol. The molecular formula is C21H28N6O2. The lowest BCUT2D eigenvalue weighted by Crippen LogP contribution is -2.44. The highest BCUT2D eigenvalue weighted by Gasteiger charge is 2.22. The molecule has 0 saturated carbocycles. The van der Waals surface area contributed by atoms with E-state index in [1.807, 2.05) is 22.8 Å². The fourth-order valence-corrected chi connectivity index (χ4v) is 4.38. The molecule has 0 amide bonds. The second-order valence-electron chi connectivity index (χ2n) is 8.00. The minimum atomic E-state index is -0.0539. The number of morpholine rings is 1. The zero-order valence-electron chi connectivity index (χ0n) is 16.9. The Labute approximate surface area is 169 Å². The van der Waals surface area contributed by atoms with Gasteiger partial charge in [0.1, 0.15) is 5.52 Å². The predicted molar refractivity (Wildman–Crippen MR) is 115 cm³/mol. The van der Waals surface area contributed by atoms with Gasteiger partial charge in [0.15, 0.2) is 5.82 Å². The molecule has 1 N–H and O–H groups in total. The minimum absolute atomic E-state index is 0.0539. The SMILES string of the molecule is CN1CCN(c2nc3ccccc3c3c2[nH]c(=O)n3CCN2CCOCC2)CC1. The van der Waals surface area contributed by atoms with Gasteiger partial charge < -0.3 is 19.5 Å². The van der Waals surface area contributed by atoms with E-state index in [0.29, 0.717) is 6.54 Å². The van der Waals surface area contributed by atoms with E-state index in [2.05, 4.69) is 32.8 Å². The number of likely N-dealkylation sites (N-methyl/N-ethyl adjacent to an activating group) is 1. The summed E-state index contributed by atoms with van der Waals surface area (Å²) in [4.78, 5) is 28.0. The van der Waals surface area contributed by atoms with E-state index in [4.69, 9.17) is 9.72 Å². The Morgan fingerprint density at radius 2 is 1.79 bits per heavy atom. The van der Waals surface area contributed by atoms with Gasteiger partial charge in [-0.25, -0.2) is 9.78 Å². The number of anilines is 1. The number of nitrogens with one attached hydrogen (secondary N) is 1. The summed E-state index contributed by atoms with van der Waals surface area (Å²) >= 11 is 0. The van der Waals surface area contributed by atoms with Gasteiger partial charge in [0.2, 0.25) is 0 Å². The van der Waals surface area contributed by atoms with Crippen molar-refractivity contribution in [2.75, 3.05) is 71.0 Å². The molecule has 0 bridgehead atoms. The molecule has 0 atom stereocenters. The maximum Gasteiger partial charge on any atom is 0.326 e. The molecule has 2 aromatic heterocycles. The van der Waals surface area contributed by atoms with Crippen molar-refractivity contribution in [1.82, 2.24) is 24.3 Å². The number of hydrogen-bond donors (Lipinski definition) is 1. The van der Waals surface area contributed by atoms with Gasteiger partial charge in [-0.05, 0) is 13.1 Å². The van der Waals surface area contributed by atoms with Gasteiger partial charge in [-0.1, -0.05) is 18.2 Å². The summed E-state index contributed by atoms with van der Waals surface area (Å²) in [5.41, 5.74) is 2.72. The first-order chi connectivity index (χ1) is 14.2. The lowest BCUT2D eigenvalue weighted by Gasteiger charge is -2.33. The third-order valence-electron chi connectivity index (χ3n) is 6.14. The zero-order chi connectivity index (χ0) is 19.8. The van der Waals surface area contributed by atoms with Gasteiger partial charge in [0.05, 0.1) is 24.2 Å². The van der Waals surface area contributed by atoms with Crippen LogP contribution in [0.15, 0.2) is 29.1 Å². The Morgan fingerprint density at radius 1 is 1.03 bits per heavy atom. The summed E-state index contributed by atoms with van der Waals surface area (Å²) < 4.78 is 7.34. The molecule has 2 fully saturated rings. The average molecular weight is 396 g/mol. The highest BCUT2D eigenvalue weighted by Crippen LogP contribution is 2.30. The van der Waals surface area contributed by atoms with Crippen LogP contribution in [0.4, 0.5) is 5.82 Å². The van der Waals surface area contributed by atoms with Gasteiger partial charge in [-0.15, -0.1) is 0 Å². The van der Waals surface area contributed by atoms with Crippen LogP contribution in [-0.2, 0) is 11.3 Å². The van der Waals surface area contributed by atoms with E-state index in [9.17, 15) is 4.79 Å². The number of para-hydroxylation sites is 1. The number of imidazole rings is 1. The van der Waals surface area contributed by atoms with Gasteiger partial charge in [-0.3, -0.25) is 9.47 Å². The van der Waals surface area contributed by atoms with Crippen molar-refractivity contribution < 1.29 is 4.74 Å². The summed E-state index contributed by atoms with van der Waals surface area (Å²) in [5, 5.41) is 1.03. The maximum absolute atomic E-state index is 13.0. The molecule has 0 radical (unpaired) electrons. The van der Waals surface area contributed by atoms with Crippen LogP contribution in [0.1, 0.15) is 0 Å². The summed E-state index contributed by atoms with van der Waals surface area (Å²) in [6, 6.07) is 8.13. The molecule has 2 aliphatic rings. The molecule has 154 valence electrons. The second-order valence-corrected chi connectivity index (χ2v) is 8.00. The molecule has 8 nitrogen and oxygen atoms in total. The number of fused-ring (bicyclic) bond motifs is 3. The number of aromatic amines is 1. The molecule has 29 heavy (non-hydrogen) atoms. The highest BCUT2D eigenvalue weighted by atomic mass is 16.5. The van der Waals surface area contributed by atoms with Crippen molar-refractivity contribution in [3.63, 3.8) is 0 Å².